The molecule has 1 unspecified atom stereocenters. The minimum absolute atomic E-state index is 0.0160. The summed E-state index contributed by atoms with van der Waals surface area (Å²) in [5.41, 5.74) is 2.64. The van der Waals surface area contributed by atoms with Crippen LogP contribution in [0.1, 0.15) is 76.4 Å². The lowest BCUT2D eigenvalue weighted by Gasteiger charge is -2.35. The van der Waals surface area contributed by atoms with Crippen LogP contribution in [0.15, 0.2) is 96.5 Å². The van der Waals surface area contributed by atoms with Gasteiger partial charge >= 0.3 is 6.18 Å². The zero-order valence-corrected chi connectivity index (χ0v) is 43.8. The van der Waals surface area contributed by atoms with Crippen LogP contribution < -0.4 is 25.2 Å². The Kier molecular flexibility index (Phi) is 16.8. The molecule has 5 N–H and O–H groups in total. The van der Waals surface area contributed by atoms with Crippen LogP contribution in [0.3, 0.4) is 0 Å². The Balaban J connectivity index is 0.877. The fourth-order valence-electron chi connectivity index (χ4n) is 8.90. The SMILES string of the molecule is Cc1ncsc1-c1ccc([C@H](C)NC(=O)[C@@H]2C[C@@H](O)CN2C(=O)C(NC(=O)COC[C@@H](O)[C@H](O)COc2ccc(-c3ccc(N4C(=S)N(c5ccc(C#N)c(C(F)(F)F)c5)C(=O)C4(C)C)cc3)cc2)C(C)(C)C)cc1. The van der Waals surface area contributed by atoms with Crippen molar-refractivity contribution in [3.63, 3.8) is 0 Å². The molecule has 0 aliphatic carbocycles. The number of aryl methyl sites for hydroxylation is 1. The number of nitrogens with zero attached hydrogens (tertiary/aromatic N) is 5. The average molecular weight is 1070 g/mol. The second-order valence-electron chi connectivity index (χ2n) is 20.1. The highest BCUT2D eigenvalue weighted by Gasteiger charge is 2.51. The first-order valence-corrected chi connectivity index (χ1v) is 25.2. The molecule has 5 aromatic rings. The van der Waals surface area contributed by atoms with Crippen molar-refractivity contribution in [2.24, 2.45) is 5.41 Å². The van der Waals surface area contributed by atoms with Gasteiger partial charge in [0.05, 0.1) is 57.7 Å². The minimum Gasteiger partial charge on any atom is -0.491 e. The molecule has 2 fully saturated rings. The molecule has 75 heavy (non-hydrogen) atoms. The van der Waals surface area contributed by atoms with E-state index in [2.05, 4.69) is 15.6 Å². The van der Waals surface area contributed by atoms with E-state index in [0.29, 0.717) is 11.4 Å². The van der Waals surface area contributed by atoms with Gasteiger partial charge < -0.3 is 45.2 Å². The lowest BCUT2D eigenvalue weighted by atomic mass is 9.85. The maximum absolute atomic E-state index is 14.1. The van der Waals surface area contributed by atoms with Crippen molar-refractivity contribution in [1.29, 1.82) is 5.26 Å². The molecule has 4 aromatic carbocycles. The highest BCUT2D eigenvalue weighted by atomic mass is 32.1. The van der Waals surface area contributed by atoms with E-state index in [0.717, 1.165) is 49.9 Å². The summed E-state index contributed by atoms with van der Waals surface area (Å²) in [5, 5.41) is 46.8. The van der Waals surface area contributed by atoms with Crippen molar-refractivity contribution < 1.29 is 57.1 Å². The van der Waals surface area contributed by atoms with E-state index in [4.69, 9.17) is 21.7 Å². The molecule has 0 spiro atoms. The molecular formula is C54H58F3N7O9S2. The number of hydrogen-bond donors (Lipinski definition) is 5. The third-order valence-electron chi connectivity index (χ3n) is 13.1. The van der Waals surface area contributed by atoms with Gasteiger partial charge in [-0.2, -0.15) is 18.4 Å². The molecule has 6 atom stereocenters. The number of carbonyl (C=O) groups is 4. The topological polar surface area (TPSA) is 218 Å². The number of aliphatic hydroxyl groups is 3. The number of aliphatic hydroxyl groups excluding tert-OH is 3. The number of nitrogens with one attached hydrogen (secondary N) is 2. The highest BCUT2D eigenvalue weighted by molar-refractivity contribution is 7.81. The number of thiazole rings is 1. The lowest BCUT2D eigenvalue weighted by Crippen LogP contribution is -2.58. The molecule has 2 aliphatic rings. The van der Waals surface area contributed by atoms with E-state index in [1.54, 1.807) is 105 Å². The average Bonchev–Trinajstić information content (AvgIpc) is 4.03. The predicted octanol–water partition coefficient (Wildman–Crippen LogP) is 7.08. The van der Waals surface area contributed by atoms with Crippen molar-refractivity contribution in [2.45, 2.75) is 103 Å². The second kappa shape index (κ2) is 22.6. The van der Waals surface area contributed by atoms with Gasteiger partial charge in [-0.05, 0) is 110 Å². The van der Waals surface area contributed by atoms with Crippen LogP contribution in [-0.2, 0) is 30.1 Å². The highest BCUT2D eigenvalue weighted by Crippen LogP contribution is 2.40. The molecule has 396 valence electrons. The molecular weight excluding hydrogens is 1010 g/mol. The Bertz CT molecular complexity index is 2960. The predicted molar refractivity (Wildman–Crippen MR) is 279 cm³/mol. The van der Waals surface area contributed by atoms with Gasteiger partial charge in [0.2, 0.25) is 17.7 Å². The number of likely N-dealkylation sites (tertiary alicyclic amines) is 1. The zero-order valence-electron chi connectivity index (χ0n) is 42.2. The number of nitriles is 1. The van der Waals surface area contributed by atoms with Gasteiger partial charge in [0.25, 0.3) is 5.91 Å². The number of hydrogen-bond acceptors (Lipinski definition) is 13. The largest absolute Gasteiger partial charge is 0.491 e. The monoisotopic (exact) mass is 1070 g/mol. The fourth-order valence-corrected chi connectivity index (χ4v) is 10.2. The summed E-state index contributed by atoms with van der Waals surface area (Å²) >= 11 is 7.20. The maximum Gasteiger partial charge on any atom is 0.417 e. The summed E-state index contributed by atoms with van der Waals surface area (Å²) in [7, 11) is 0. The first-order chi connectivity index (χ1) is 35.3. The van der Waals surface area contributed by atoms with E-state index in [1.807, 2.05) is 38.1 Å². The number of aromatic nitrogens is 1. The molecule has 2 saturated heterocycles. The van der Waals surface area contributed by atoms with Gasteiger partial charge in [0, 0.05) is 18.7 Å². The second-order valence-corrected chi connectivity index (χ2v) is 21.3. The molecule has 3 heterocycles. The summed E-state index contributed by atoms with van der Waals surface area (Å²) in [6.07, 6.45) is -8.65. The van der Waals surface area contributed by atoms with Crippen LogP contribution >= 0.6 is 23.6 Å². The van der Waals surface area contributed by atoms with Gasteiger partial charge in [0.1, 0.15) is 48.8 Å². The van der Waals surface area contributed by atoms with Gasteiger partial charge in [-0.15, -0.1) is 11.3 Å². The summed E-state index contributed by atoms with van der Waals surface area (Å²) in [6, 6.07) is 23.6. The molecule has 2 aliphatic heterocycles. The van der Waals surface area contributed by atoms with Crippen LogP contribution in [0, 0.1) is 23.7 Å². The Morgan fingerprint density at radius 2 is 1.52 bits per heavy atom. The Hall–Kier alpha value is -6.80. The standard InChI is InChI=1S/C54H58F3N7O9S2/c1-30(32-8-10-35(11-9-32)46-31(2)59-29-75-46)60-48(69)42-23-39(65)25-62(42)49(70)47(52(3,4)5)61-45(68)28-72-26-43(66)44(67)27-73-40-20-15-34(16-21-40)33-12-17-37(18-13-33)64-51(74)63(50(71)53(64,6)7)38-19-14-36(24-58)41(22-38)54(55,56)57/h8-22,29-30,39,42-44,47,65-67H,23,25-28H2,1-7H3,(H,60,69)(H,61,68)/t30-,39+,42-,43+,44+,47?/m0/s1. The van der Waals surface area contributed by atoms with Crippen molar-refractivity contribution in [3.05, 3.63) is 119 Å². The van der Waals surface area contributed by atoms with E-state index in [1.165, 1.54) is 17.0 Å². The van der Waals surface area contributed by atoms with Gasteiger partial charge in [0.15, 0.2) is 5.11 Å². The molecule has 16 nitrogen and oxygen atoms in total. The number of halogens is 3. The van der Waals surface area contributed by atoms with E-state index in [9.17, 15) is 52.9 Å². The Morgan fingerprint density at radius 1 is 0.920 bits per heavy atom. The molecule has 4 amide bonds. The molecule has 0 saturated carbocycles. The van der Waals surface area contributed by atoms with Crippen molar-refractivity contribution in [1.82, 2.24) is 20.5 Å². The van der Waals surface area contributed by atoms with Crippen LogP contribution in [0.4, 0.5) is 24.5 Å². The number of β-amino-alcohol motifs (C(OH)–C–C–N with tert-alkyl or cyclic N) is 1. The van der Waals surface area contributed by atoms with Crippen LogP contribution in [-0.4, -0.2) is 116 Å². The summed E-state index contributed by atoms with van der Waals surface area (Å²) in [5.74, 6) is -1.87. The maximum atomic E-state index is 14.1. The zero-order chi connectivity index (χ0) is 54.7. The fraction of sp³-hybridized carbons (Fsp3) is 0.389. The molecule has 1 aromatic heterocycles. The van der Waals surface area contributed by atoms with E-state index < -0.39 is 102 Å². The van der Waals surface area contributed by atoms with Gasteiger partial charge in [-0.1, -0.05) is 69.3 Å². The normalized spacial score (nSPS) is 18.3. The number of amides is 4. The molecule has 0 bridgehead atoms. The number of anilines is 2. The van der Waals surface area contributed by atoms with Crippen molar-refractivity contribution >= 4 is 63.7 Å². The van der Waals surface area contributed by atoms with Gasteiger partial charge in [-0.25, -0.2) is 4.98 Å². The summed E-state index contributed by atoms with van der Waals surface area (Å²) in [6.45, 7) is 10.8. The van der Waals surface area contributed by atoms with E-state index >= 15 is 0 Å². The quantitative estimate of drug-likeness (QED) is 0.0589. The Labute approximate surface area is 441 Å². The van der Waals surface area contributed by atoms with Crippen LogP contribution in [0.25, 0.3) is 21.6 Å². The first-order valence-electron chi connectivity index (χ1n) is 24.0. The number of rotatable bonds is 17. The number of thiocarbonyl (C=S) groups is 1. The van der Waals surface area contributed by atoms with Crippen molar-refractivity contribution in [3.8, 4) is 33.4 Å². The third-order valence-corrected chi connectivity index (χ3v) is 14.5. The molecule has 7 rings (SSSR count). The smallest absolute Gasteiger partial charge is 0.417 e. The summed E-state index contributed by atoms with van der Waals surface area (Å²) < 4.78 is 52.5. The summed E-state index contributed by atoms with van der Waals surface area (Å²) in [4.78, 5) is 63.8. The molecule has 21 heteroatoms. The first kappa shape index (κ1) is 55.9. The van der Waals surface area contributed by atoms with Crippen molar-refractivity contribution in [2.75, 3.05) is 36.2 Å². The number of carbonyl (C=O) groups excluding carboxylic acids is 4. The lowest BCUT2D eigenvalue weighted by molar-refractivity contribution is -0.145. The number of benzene rings is 4. The van der Waals surface area contributed by atoms with Crippen LogP contribution in [0.2, 0.25) is 0 Å². The minimum atomic E-state index is -4.83. The molecule has 0 radical (unpaired) electrons. The third kappa shape index (κ3) is 12.5. The van der Waals surface area contributed by atoms with Gasteiger partial charge in [-0.3, -0.25) is 24.1 Å². The van der Waals surface area contributed by atoms with Crippen LogP contribution in [0.5, 0.6) is 5.75 Å². The van der Waals surface area contributed by atoms with E-state index in [-0.39, 0.29) is 30.4 Å². The number of ether oxygens (including phenoxy) is 2. The Morgan fingerprint density at radius 3 is 2.11 bits per heavy atom. The number of alkyl halides is 3.